The summed E-state index contributed by atoms with van der Waals surface area (Å²) in [5, 5.41) is 21.8. The number of amides is 3. The van der Waals surface area contributed by atoms with E-state index in [9.17, 15) is 24.6 Å². The molecule has 0 aliphatic carbocycles. The molecular weight excluding hydrogens is 460 g/mol. The van der Waals surface area contributed by atoms with Gasteiger partial charge in [0.15, 0.2) is 0 Å². The van der Waals surface area contributed by atoms with Gasteiger partial charge in [-0.15, -0.1) is 12.4 Å². The van der Waals surface area contributed by atoms with Crippen LogP contribution >= 0.6 is 12.4 Å². The molecule has 3 amide bonds. The molecule has 0 bridgehead atoms. The minimum Gasteiger partial charge on any atom is -0.508 e. The van der Waals surface area contributed by atoms with Gasteiger partial charge in [-0.1, -0.05) is 36.4 Å². The highest BCUT2D eigenvalue weighted by atomic mass is 35.5. The zero-order chi connectivity index (χ0) is 23.8. The molecule has 1 saturated heterocycles. The third-order valence-electron chi connectivity index (χ3n) is 5.66. The first-order valence-electron chi connectivity index (χ1n) is 11.0. The number of halogens is 1. The van der Waals surface area contributed by atoms with Crippen molar-refractivity contribution in [3.05, 3.63) is 59.7 Å². The van der Waals surface area contributed by atoms with Crippen molar-refractivity contribution in [2.45, 2.75) is 31.8 Å². The quantitative estimate of drug-likeness (QED) is 0.416. The Balaban J connectivity index is 0.00000408. The monoisotopic (exact) mass is 490 g/mol. The Morgan fingerprint density at radius 2 is 1.68 bits per heavy atom. The lowest BCUT2D eigenvalue weighted by atomic mass is 10.1. The fourth-order valence-electron chi connectivity index (χ4n) is 3.87. The number of nitrogens with zero attached hydrogens (tertiary/aromatic N) is 2. The summed E-state index contributed by atoms with van der Waals surface area (Å²) in [6, 6.07) is 13.2. The molecule has 9 nitrogen and oxygen atoms in total. The summed E-state index contributed by atoms with van der Waals surface area (Å²) in [6.07, 6.45) is -0.0570. The van der Waals surface area contributed by atoms with Gasteiger partial charge in [-0.3, -0.25) is 19.3 Å². The summed E-state index contributed by atoms with van der Waals surface area (Å²) in [7, 11) is 0. The molecule has 0 radical (unpaired) electrons. The van der Waals surface area contributed by atoms with E-state index in [-0.39, 0.29) is 49.1 Å². The lowest BCUT2D eigenvalue weighted by Gasteiger charge is -2.36. The van der Waals surface area contributed by atoms with Gasteiger partial charge in [-0.25, -0.2) is 0 Å². The highest BCUT2D eigenvalue weighted by Crippen LogP contribution is 2.23. The number of phenols is 2. The Kier molecular flexibility index (Phi) is 10.2. The van der Waals surface area contributed by atoms with Gasteiger partial charge >= 0.3 is 0 Å². The second-order valence-electron chi connectivity index (χ2n) is 8.19. The van der Waals surface area contributed by atoms with Crippen LogP contribution in [0.25, 0.3) is 0 Å². The van der Waals surface area contributed by atoms with E-state index in [1.807, 2.05) is 18.2 Å². The molecular formula is C24H31ClN4O5. The van der Waals surface area contributed by atoms with E-state index in [4.69, 9.17) is 5.73 Å². The number of aryl methyl sites for hydroxylation is 1. The average Bonchev–Trinajstić information content (AvgIpc) is 2.78. The predicted octanol–water partition coefficient (Wildman–Crippen LogP) is 1.16. The number of hydrogen-bond donors (Lipinski definition) is 4. The molecule has 1 fully saturated rings. The van der Waals surface area contributed by atoms with Crippen LogP contribution in [0.2, 0.25) is 0 Å². The number of primary amides is 1. The average molecular weight is 491 g/mol. The SMILES string of the molecule is Cl.NC(=O)C[C@H](NC(=O)CCc1ccc(O)cc1O)C(=O)N1CCN(Cc2ccccc2)CC1. The molecule has 5 N–H and O–H groups in total. The van der Waals surface area contributed by atoms with E-state index < -0.39 is 17.9 Å². The summed E-state index contributed by atoms with van der Waals surface area (Å²) < 4.78 is 0. The number of hydrogen-bond acceptors (Lipinski definition) is 6. The van der Waals surface area contributed by atoms with Crippen molar-refractivity contribution in [3.8, 4) is 11.5 Å². The zero-order valence-corrected chi connectivity index (χ0v) is 19.7. The number of piperazine rings is 1. The molecule has 1 aliphatic rings. The van der Waals surface area contributed by atoms with Gasteiger partial charge in [-0.2, -0.15) is 0 Å². The summed E-state index contributed by atoms with van der Waals surface area (Å²) in [4.78, 5) is 40.9. The first kappa shape index (κ1) is 26.9. The molecule has 0 unspecified atom stereocenters. The van der Waals surface area contributed by atoms with Gasteiger partial charge in [0, 0.05) is 45.2 Å². The third kappa shape index (κ3) is 7.93. The van der Waals surface area contributed by atoms with E-state index in [0.29, 0.717) is 31.7 Å². The van der Waals surface area contributed by atoms with Crippen LogP contribution in [0.15, 0.2) is 48.5 Å². The number of carbonyl (C=O) groups is 3. The van der Waals surface area contributed by atoms with Crippen molar-refractivity contribution >= 4 is 30.1 Å². The summed E-state index contributed by atoms with van der Waals surface area (Å²) >= 11 is 0. The number of carbonyl (C=O) groups excluding carboxylic acids is 3. The Bertz CT molecular complexity index is 981. The standard InChI is InChI=1S/C24H30N4O5.ClH/c25-22(31)15-20(26-23(32)9-7-18-6-8-19(29)14-21(18)30)24(33)28-12-10-27(11-13-28)16-17-4-2-1-3-5-17;/h1-6,8,14,20,29-30H,7,9-13,15-16H2,(H2,25,31)(H,26,32);1H/t20-;/m0./s1. The predicted molar refractivity (Wildman–Crippen MR) is 129 cm³/mol. The summed E-state index contributed by atoms with van der Waals surface area (Å²) in [6.45, 7) is 3.18. The molecule has 0 saturated carbocycles. The van der Waals surface area contributed by atoms with E-state index >= 15 is 0 Å². The largest absolute Gasteiger partial charge is 0.508 e. The van der Waals surface area contributed by atoms with Crippen LogP contribution in [0.5, 0.6) is 11.5 Å². The van der Waals surface area contributed by atoms with Crippen molar-refractivity contribution in [2.75, 3.05) is 26.2 Å². The Labute approximate surface area is 204 Å². The highest BCUT2D eigenvalue weighted by Gasteiger charge is 2.29. The van der Waals surface area contributed by atoms with Gasteiger partial charge in [0.1, 0.15) is 17.5 Å². The van der Waals surface area contributed by atoms with E-state index in [0.717, 1.165) is 6.54 Å². The van der Waals surface area contributed by atoms with Gasteiger partial charge in [-0.05, 0) is 23.6 Å². The highest BCUT2D eigenvalue weighted by molar-refractivity contribution is 5.91. The number of aromatic hydroxyl groups is 2. The molecule has 1 aliphatic heterocycles. The van der Waals surface area contributed by atoms with E-state index in [1.54, 1.807) is 4.90 Å². The minimum absolute atomic E-state index is 0. The second-order valence-corrected chi connectivity index (χ2v) is 8.19. The minimum atomic E-state index is -1.02. The van der Waals surface area contributed by atoms with Crippen LogP contribution in [0.3, 0.4) is 0 Å². The number of nitrogens with one attached hydrogen (secondary N) is 1. The summed E-state index contributed by atoms with van der Waals surface area (Å²) in [5.74, 6) is -1.61. The fraction of sp³-hybridized carbons (Fsp3) is 0.375. The van der Waals surface area contributed by atoms with Crippen LogP contribution < -0.4 is 11.1 Å². The van der Waals surface area contributed by atoms with Crippen molar-refractivity contribution < 1.29 is 24.6 Å². The van der Waals surface area contributed by atoms with Crippen LogP contribution in [-0.4, -0.2) is 70.0 Å². The second kappa shape index (κ2) is 12.8. The Hall–Kier alpha value is -3.30. The van der Waals surface area contributed by atoms with Gasteiger partial charge in [0.25, 0.3) is 0 Å². The van der Waals surface area contributed by atoms with Gasteiger partial charge < -0.3 is 26.2 Å². The normalized spacial score (nSPS) is 14.6. The zero-order valence-electron chi connectivity index (χ0n) is 18.9. The molecule has 0 aromatic heterocycles. The van der Waals surface area contributed by atoms with Crippen LogP contribution in [0.1, 0.15) is 24.0 Å². The van der Waals surface area contributed by atoms with Crippen LogP contribution in [-0.2, 0) is 27.3 Å². The molecule has 1 atom stereocenters. The van der Waals surface area contributed by atoms with Crippen LogP contribution in [0.4, 0.5) is 0 Å². The molecule has 3 rings (SSSR count). The maximum atomic E-state index is 13.0. The molecule has 0 spiro atoms. The van der Waals surface area contributed by atoms with E-state index in [2.05, 4.69) is 22.3 Å². The third-order valence-corrected chi connectivity index (χ3v) is 5.66. The Morgan fingerprint density at radius 3 is 2.29 bits per heavy atom. The molecule has 2 aromatic rings. The molecule has 2 aromatic carbocycles. The van der Waals surface area contributed by atoms with Crippen LogP contribution in [0, 0.1) is 0 Å². The molecule has 1 heterocycles. The smallest absolute Gasteiger partial charge is 0.245 e. The lowest BCUT2D eigenvalue weighted by Crippen LogP contribution is -2.55. The summed E-state index contributed by atoms with van der Waals surface area (Å²) in [5.41, 5.74) is 7.02. The number of benzene rings is 2. The Morgan fingerprint density at radius 1 is 1.00 bits per heavy atom. The number of phenolic OH excluding ortho intramolecular Hbond substituents is 2. The maximum absolute atomic E-state index is 13.0. The van der Waals surface area contributed by atoms with Crippen molar-refractivity contribution in [3.63, 3.8) is 0 Å². The van der Waals surface area contributed by atoms with Crippen molar-refractivity contribution in [1.29, 1.82) is 0 Å². The fourth-order valence-corrected chi connectivity index (χ4v) is 3.87. The molecule has 184 valence electrons. The van der Waals surface area contributed by atoms with Gasteiger partial charge in [0.2, 0.25) is 17.7 Å². The van der Waals surface area contributed by atoms with E-state index in [1.165, 1.54) is 23.8 Å². The maximum Gasteiger partial charge on any atom is 0.245 e. The van der Waals surface area contributed by atoms with Crippen molar-refractivity contribution in [2.24, 2.45) is 5.73 Å². The number of nitrogens with two attached hydrogens (primary N) is 1. The van der Waals surface area contributed by atoms with Crippen molar-refractivity contribution in [1.82, 2.24) is 15.1 Å². The first-order chi connectivity index (χ1) is 15.8. The topological polar surface area (TPSA) is 136 Å². The van der Waals surface area contributed by atoms with Gasteiger partial charge in [0.05, 0.1) is 6.42 Å². The molecule has 34 heavy (non-hydrogen) atoms. The lowest BCUT2D eigenvalue weighted by molar-refractivity contribution is -0.139. The first-order valence-corrected chi connectivity index (χ1v) is 11.0. The molecule has 10 heteroatoms. The number of rotatable bonds is 9.